The minimum atomic E-state index is -0.820. The Hall–Kier alpha value is -1.85. The van der Waals surface area contributed by atoms with E-state index < -0.39 is 11.9 Å². The number of carbonyl (C=O) groups is 2. The Balaban J connectivity index is 2.19. The van der Waals surface area contributed by atoms with Crippen molar-refractivity contribution < 1.29 is 14.7 Å². The summed E-state index contributed by atoms with van der Waals surface area (Å²) in [5.41, 5.74) is 2.79. The van der Waals surface area contributed by atoms with Crippen LogP contribution in [0.1, 0.15) is 36.7 Å². The predicted molar refractivity (Wildman–Crippen MR) is 78.0 cm³/mol. The molecule has 0 bridgehead atoms. The maximum Gasteiger partial charge on any atom is 0.308 e. The van der Waals surface area contributed by atoms with E-state index in [0.717, 1.165) is 17.0 Å². The lowest BCUT2D eigenvalue weighted by molar-refractivity contribution is -0.142. The third-order valence-electron chi connectivity index (χ3n) is 4.61. The number of hydrogen-bond donors (Lipinski definition) is 1. The molecule has 116 valence electrons. The van der Waals surface area contributed by atoms with E-state index in [-0.39, 0.29) is 17.7 Å². The third-order valence-corrected chi connectivity index (χ3v) is 4.61. The maximum atomic E-state index is 12.7. The van der Waals surface area contributed by atoms with Gasteiger partial charge in [-0.2, -0.15) is 5.10 Å². The molecule has 1 aromatic rings. The highest BCUT2D eigenvalue weighted by Gasteiger charge is 2.39. The van der Waals surface area contributed by atoms with Crippen LogP contribution in [0.4, 0.5) is 0 Å². The Labute approximate surface area is 124 Å². The summed E-state index contributed by atoms with van der Waals surface area (Å²) < 4.78 is 1.78. The van der Waals surface area contributed by atoms with E-state index in [1.807, 2.05) is 34.7 Å². The molecule has 1 saturated heterocycles. The van der Waals surface area contributed by atoms with Gasteiger partial charge < -0.3 is 10.0 Å². The second-order valence-corrected chi connectivity index (χ2v) is 6.10. The van der Waals surface area contributed by atoms with Crippen molar-refractivity contribution in [2.24, 2.45) is 18.9 Å². The van der Waals surface area contributed by atoms with Crippen molar-refractivity contribution in [3.63, 3.8) is 0 Å². The molecular weight excluding hydrogens is 270 g/mol. The van der Waals surface area contributed by atoms with Gasteiger partial charge in [0.2, 0.25) is 5.91 Å². The van der Waals surface area contributed by atoms with Crippen LogP contribution in [0.3, 0.4) is 0 Å². The number of likely N-dealkylation sites (tertiary alicyclic amines) is 1. The second kappa shape index (κ2) is 5.50. The molecule has 1 amide bonds. The number of carboxylic acids is 1. The summed E-state index contributed by atoms with van der Waals surface area (Å²) in [5.74, 6) is -1.59. The van der Waals surface area contributed by atoms with Gasteiger partial charge in [-0.3, -0.25) is 14.3 Å². The first kappa shape index (κ1) is 15.5. The Morgan fingerprint density at radius 3 is 2.38 bits per heavy atom. The summed E-state index contributed by atoms with van der Waals surface area (Å²) in [6.45, 7) is 8.43. The number of nitrogens with zero attached hydrogens (tertiary/aromatic N) is 3. The van der Waals surface area contributed by atoms with E-state index >= 15 is 0 Å². The normalized spacial score (nSPS) is 23.4. The summed E-state index contributed by atoms with van der Waals surface area (Å²) in [6, 6.07) is 0. The van der Waals surface area contributed by atoms with Crippen molar-refractivity contribution in [3.05, 3.63) is 17.0 Å². The van der Waals surface area contributed by atoms with Gasteiger partial charge in [-0.1, -0.05) is 6.92 Å². The van der Waals surface area contributed by atoms with Gasteiger partial charge in [0.25, 0.3) is 0 Å². The molecule has 6 nitrogen and oxygen atoms in total. The fourth-order valence-electron chi connectivity index (χ4n) is 3.28. The molecule has 1 aromatic heterocycles. The standard InChI is InChI=1S/C15H23N3O3/c1-8-6-18(7-12(8)15(20)21)14(19)9(2)13-10(3)16-17(5)11(13)4/h8-9,12H,6-7H2,1-5H3,(H,20,21)/t8-,9?,12-/m1/s1. The molecule has 0 radical (unpaired) electrons. The van der Waals surface area contributed by atoms with Crippen LogP contribution in [-0.4, -0.2) is 44.8 Å². The van der Waals surface area contributed by atoms with Gasteiger partial charge in [-0.15, -0.1) is 0 Å². The van der Waals surface area contributed by atoms with Gasteiger partial charge >= 0.3 is 5.97 Å². The predicted octanol–water partition coefficient (Wildman–Crippen LogP) is 1.32. The molecule has 1 aliphatic rings. The molecule has 0 aliphatic carbocycles. The lowest BCUT2D eigenvalue weighted by atomic mass is 9.97. The summed E-state index contributed by atoms with van der Waals surface area (Å²) >= 11 is 0. The van der Waals surface area contributed by atoms with Crippen molar-refractivity contribution in [1.82, 2.24) is 14.7 Å². The smallest absolute Gasteiger partial charge is 0.308 e. The van der Waals surface area contributed by atoms with E-state index in [1.165, 1.54) is 0 Å². The van der Waals surface area contributed by atoms with Gasteiger partial charge in [0.15, 0.2) is 0 Å². The van der Waals surface area contributed by atoms with Crippen LogP contribution in [-0.2, 0) is 16.6 Å². The minimum absolute atomic E-state index is 0.00487. The van der Waals surface area contributed by atoms with Crippen molar-refractivity contribution in [2.75, 3.05) is 13.1 Å². The lowest BCUT2D eigenvalue weighted by Gasteiger charge is -2.21. The number of carbonyl (C=O) groups excluding carboxylic acids is 1. The van der Waals surface area contributed by atoms with Gasteiger partial charge in [0.05, 0.1) is 17.5 Å². The summed E-state index contributed by atoms with van der Waals surface area (Å²) in [7, 11) is 1.86. The zero-order valence-corrected chi connectivity index (χ0v) is 13.3. The lowest BCUT2D eigenvalue weighted by Crippen LogP contribution is -2.33. The van der Waals surface area contributed by atoms with Gasteiger partial charge in [-0.25, -0.2) is 0 Å². The van der Waals surface area contributed by atoms with Crippen LogP contribution in [0.25, 0.3) is 0 Å². The first-order valence-corrected chi connectivity index (χ1v) is 7.25. The highest BCUT2D eigenvalue weighted by Crippen LogP contribution is 2.29. The van der Waals surface area contributed by atoms with Gasteiger partial charge in [0.1, 0.15) is 0 Å². The summed E-state index contributed by atoms with van der Waals surface area (Å²) in [4.78, 5) is 25.5. The molecular formula is C15H23N3O3. The summed E-state index contributed by atoms with van der Waals surface area (Å²) in [6.07, 6.45) is 0. The van der Waals surface area contributed by atoms with Crippen LogP contribution in [0, 0.1) is 25.7 Å². The maximum absolute atomic E-state index is 12.7. The quantitative estimate of drug-likeness (QED) is 0.912. The molecule has 1 fully saturated rings. The number of hydrogen-bond acceptors (Lipinski definition) is 3. The number of aromatic nitrogens is 2. The fourth-order valence-corrected chi connectivity index (χ4v) is 3.28. The van der Waals surface area contributed by atoms with Crippen LogP contribution < -0.4 is 0 Å². The van der Waals surface area contributed by atoms with Crippen LogP contribution in [0.5, 0.6) is 0 Å². The van der Waals surface area contributed by atoms with E-state index in [4.69, 9.17) is 0 Å². The first-order chi connectivity index (χ1) is 9.73. The molecule has 1 unspecified atom stereocenters. The molecule has 0 spiro atoms. The molecule has 2 heterocycles. The van der Waals surface area contributed by atoms with E-state index in [1.54, 1.807) is 9.58 Å². The van der Waals surface area contributed by atoms with Crippen LogP contribution >= 0.6 is 0 Å². The Kier molecular flexibility index (Phi) is 4.07. The Morgan fingerprint density at radius 1 is 1.33 bits per heavy atom. The van der Waals surface area contributed by atoms with E-state index in [2.05, 4.69) is 5.10 Å². The summed E-state index contributed by atoms with van der Waals surface area (Å²) in [5, 5.41) is 13.5. The van der Waals surface area contributed by atoms with Crippen molar-refractivity contribution >= 4 is 11.9 Å². The fraction of sp³-hybridized carbons (Fsp3) is 0.667. The number of amides is 1. The molecule has 0 saturated carbocycles. The van der Waals surface area contributed by atoms with Crippen LogP contribution in [0.2, 0.25) is 0 Å². The first-order valence-electron chi connectivity index (χ1n) is 7.25. The molecule has 2 rings (SSSR count). The molecule has 6 heteroatoms. The number of aliphatic carboxylic acids is 1. The van der Waals surface area contributed by atoms with Crippen molar-refractivity contribution in [3.8, 4) is 0 Å². The highest BCUT2D eigenvalue weighted by atomic mass is 16.4. The number of aryl methyl sites for hydroxylation is 2. The molecule has 3 atom stereocenters. The molecule has 21 heavy (non-hydrogen) atoms. The Bertz CT molecular complexity index is 579. The highest BCUT2D eigenvalue weighted by molar-refractivity contribution is 5.85. The Morgan fingerprint density at radius 2 is 1.95 bits per heavy atom. The van der Waals surface area contributed by atoms with Gasteiger partial charge in [0, 0.05) is 31.4 Å². The number of rotatable bonds is 3. The molecule has 1 N–H and O–H groups in total. The van der Waals surface area contributed by atoms with Crippen molar-refractivity contribution in [2.45, 2.75) is 33.6 Å². The van der Waals surface area contributed by atoms with Gasteiger partial charge in [-0.05, 0) is 26.7 Å². The number of carboxylic acid groups (broad SMARTS) is 1. The third kappa shape index (κ3) is 2.66. The minimum Gasteiger partial charge on any atom is -0.481 e. The zero-order valence-electron chi connectivity index (χ0n) is 13.3. The zero-order chi connectivity index (χ0) is 15.9. The SMILES string of the molecule is Cc1nn(C)c(C)c1C(C)C(=O)N1C[C@@H](C)[C@H](C(=O)O)C1. The second-order valence-electron chi connectivity index (χ2n) is 6.10. The average Bonchev–Trinajstić information content (AvgIpc) is 2.90. The molecule has 1 aliphatic heterocycles. The largest absolute Gasteiger partial charge is 0.481 e. The van der Waals surface area contributed by atoms with Crippen LogP contribution in [0.15, 0.2) is 0 Å². The van der Waals surface area contributed by atoms with E-state index in [9.17, 15) is 14.7 Å². The van der Waals surface area contributed by atoms with E-state index in [0.29, 0.717) is 13.1 Å². The topological polar surface area (TPSA) is 75.4 Å². The van der Waals surface area contributed by atoms with Crippen molar-refractivity contribution in [1.29, 1.82) is 0 Å². The molecule has 0 aromatic carbocycles. The average molecular weight is 293 g/mol. The monoisotopic (exact) mass is 293 g/mol.